The molecule has 7 heteroatoms. The average Bonchev–Trinajstić information content (AvgIpc) is 2.97. The minimum Gasteiger partial charge on any atom is -0.398 e. The van der Waals surface area contributed by atoms with Crippen molar-refractivity contribution in [2.75, 3.05) is 12.3 Å². The summed E-state index contributed by atoms with van der Waals surface area (Å²) in [7, 11) is -3.51. The molecule has 0 amide bonds. The molecule has 1 heterocycles. The molecule has 0 radical (unpaired) electrons. The Morgan fingerprint density at radius 2 is 2.19 bits per heavy atom. The lowest BCUT2D eigenvalue weighted by atomic mass is 10.1. The van der Waals surface area contributed by atoms with Crippen LogP contribution in [-0.4, -0.2) is 24.9 Å². The number of hydrogen-bond donors (Lipinski definition) is 3. The minimum absolute atomic E-state index is 0.204. The monoisotopic (exact) mass is 308 g/mol. The summed E-state index contributed by atoms with van der Waals surface area (Å²) in [6.45, 7) is 2.34. The molecule has 0 saturated heterocycles. The largest absolute Gasteiger partial charge is 0.398 e. The first-order valence-electron chi connectivity index (χ1n) is 6.89. The standard InChI is InChI=1S/C14H20N4O2S/c1-2-11-5-6-12(10-13(11)15)21(19,20)18-7-3-4-14-16-8-9-17-14/h5-6,8-10,18H,2-4,7,15H2,1H3,(H,16,17). The second-order valence-corrected chi connectivity index (χ2v) is 6.52. The van der Waals surface area contributed by atoms with E-state index < -0.39 is 10.0 Å². The first-order valence-corrected chi connectivity index (χ1v) is 8.37. The fraction of sp³-hybridized carbons (Fsp3) is 0.357. The third-order valence-corrected chi connectivity index (χ3v) is 4.70. The molecular formula is C14H20N4O2S. The van der Waals surface area contributed by atoms with Crippen molar-refractivity contribution in [1.82, 2.24) is 14.7 Å². The van der Waals surface area contributed by atoms with Crippen LogP contribution in [0.2, 0.25) is 0 Å². The number of imidazole rings is 1. The van der Waals surface area contributed by atoms with Crippen LogP contribution in [0.5, 0.6) is 0 Å². The van der Waals surface area contributed by atoms with Gasteiger partial charge in [0.1, 0.15) is 5.82 Å². The number of anilines is 1. The van der Waals surface area contributed by atoms with E-state index in [0.29, 0.717) is 25.1 Å². The molecule has 6 nitrogen and oxygen atoms in total. The van der Waals surface area contributed by atoms with Crippen molar-refractivity contribution >= 4 is 15.7 Å². The number of nitrogens with one attached hydrogen (secondary N) is 2. The number of rotatable bonds is 7. The first-order chi connectivity index (χ1) is 10.0. The van der Waals surface area contributed by atoms with Gasteiger partial charge in [-0.25, -0.2) is 18.1 Å². The van der Waals surface area contributed by atoms with Gasteiger partial charge in [-0.3, -0.25) is 0 Å². The van der Waals surface area contributed by atoms with Gasteiger partial charge < -0.3 is 10.7 Å². The van der Waals surface area contributed by atoms with Crippen LogP contribution in [0.15, 0.2) is 35.5 Å². The smallest absolute Gasteiger partial charge is 0.240 e. The van der Waals surface area contributed by atoms with E-state index in [1.165, 1.54) is 6.07 Å². The van der Waals surface area contributed by atoms with E-state index in [9.17, 15) is 8.42 Å². The van der Waals surface area contributed by atoms with Gasteiger partial charge in [0.05, 0.1) is 4.90 Å². The Balaban J connectivity index is 1.93. The van der Waals surface area contributed by atoms with Crippen LogP contribution < -0.4 is 10.5 Å². The number of nitrogen functional groups attached to an aromatic ring is 1. The quantitative estimate of drug-likeness (QED) is 0.532. The SMILES string of the molecule is CCc1ccc(S(=O)(=O)NCCCc2ncc[nH]2)cc1N. The maximum absolute atomic E-state index is 12.2. The van der Waals surface area contributed by atoms with Crippen molar-refractivity contribution in [2.24, 2.45) is 0 Å². The van der Waals surface area contributed by atoms with E-state index in [0.717, 1.165) is 17.8 Å². The van der Waals surface area contributed by atoms with Crippen LogP contribution in [-0.2, 0) is 22.9 Å². The molecule has 0 saturated carbocycles. The van der Waals surface area contributed by atoms with Gasteiger partial charge in [0.2, 0.25) is 10.0 Å². The Bertz CT molecular complexity index is 681. The van der Waals surface area contributed by atoms with E-state index in [1.807, 2.05) is 6.92 Å². The highest BCUT2D eigenvalue weighted by Crippen LogP contribution is 2.18. The van der Waals surface area contributed by atoms with Crippen LogP contribution in [0.3, 0.4) is 0 Å². The topological polar surface area (TPSA) is 101 Å². The maximum Gasteiger partial charge on any atom is 0.240 e. The molecule has 0 fully saturated rings. The average molecular weight is 308 g/mol. The maximum atomic E-state index is 12.2. The van der Waals surface area contributed by atoms with Gasteiger partial charge in [-0.2, -0.15) is 0 Å². The minimum atomic E-state index is -3.51. The Morgan fingerprint density at radius 3 is 2.81 bits per heavy atom. The zero-order valence-corrected chi connectivity index (χ0v) is 12.8. The molecule has 0 spiro atoms. The number of nitrogens with two attached hydrogens (primary N) is 1. The Hall–Kier alpha value is -1.86. The number of benzene rings is 1. The molecule has 2 aromatic rings. The summed E-state index contributed by atoms with van der Waals surface area (Å²) in [5, 5.41) is 0. The fourth-order valence-corrected chi connectivity index (χ4v) is 3.15. The predicted molar refractivity (Wildman–Crippen MR) is 82.3 cm³/mol. The van der Waals surface area contributed by atoms with E-state index in [-0.39, 0.29) is 4.90 Å². The van der Waals surface area contributed by atoms with E-state index >= 15 is 0 Å². The Labute approximate surface area is 124 Å². The van der Waals surface area contributed by atoms with Gasteiger partial charge in [-0.05, 0) is 30.5 Å². The van der Waals surface area contributed by atoms with Crippen molar-refractivity contribution in [3.05, 3.63) is 42.0 Å². The van der Waals surface area contributed by atoms with Gasteiger partial charge in [0.15, 0.2) is 0 Å². The first kappa shape index (κ1) is 15.5. The van der Waals surface area contributed by atoms with Crippen molar-refractivity contribution in [1.29, 1.82) is 0 Å². The van der Waals surface area contributed by atoms with Crippen molar-refractivity contribution < 1.29 is 8.42 Å². The number of aromatic nitrogens is 2. The third kappa shape index (κ3) is 4.05. The number of nitrogens with zero attached hydrogens (tertiary/aromatic N) is 1. The van der Waals surface area contributed by atoms with Crippen molar-refractivity contribution in [2.45, 2.75) is 31.1 Å². The number of aryl methyl sites for hydroxylation is 2. The summed E-state index contributed by atoms with van der Waals surface area (Å²) in [5.74, 6) is 0.853. The predicted octanol–water partition coefficient (Wildman–Crippen LogP) is 1.47. The summed E-state index contributed by atoms with van der Waals surface area (Å²) in [6, 6.07) is 4.85. The van der Waals surface area contributed by atoms with Gasteiger partial charge in [-0.15, -0.1) is 0 Å². The lowest BCUT2D eigenvalue weighted by Crippen LogP contribution is -2.25. The molecular weight excluding hydrogens is 288 g/mol. The van der Waals surface area contributed by atoms with Gasteiger partial charge in [-0.1, -0.05) is 13.0 Å². The summed E-state index contributed by atoms with van der Waals surface area (Å²) < 4.78 is 26.9. The summed E-state index contributed by atoms with van der Waals surface area (Å²) in [6.07, 6.45) is 5.58. The van der Waals surface area contributed by atoms with Crippen LogP contribution in [0.25, 0.3) is 0 Å². The normalized spacial score (nSPS) is 11.7. The zero-order valence-electron chi connectivity index (χ0n) is 12.0. The molecule has 1 aromatic carbocycles. The fourth-order valence-electron chi connectivity index (χ4n) is 2.04. The zero-order chi connectivity index (χ0) is 15.3. The van der Waals surface area contributed by atoms with Gasteiger partial charge in [0, 0.05) is 31.0 Å². The summed E-state index contributed by atoms with van der Waals surface area (Å²) in [5.41, 5.74) is 7.30. The molecule has 21 heavy (non-hydrogen) atoms. The van der Waals surface area contributed by atoms with Gasteiger partial charge >= 0.3 is 0 Å². The number of aromatic amines is 1. The molecule has 0 bridgehead atoms. The van der Waals surface area contributed by atoms with E-state index in [1.54, 1.807) is 24.5 Å². The molecule has 0 aliphatic carbocycles. The Kier molecular flexibility index (Phi) is 4.98. The van der Waals surface area contributed by atoms with Crippen molar-refractivity contribution in [3.8, 4) is 0 Å². The molecule has 0 unspecified atom stereocenters. The number of hydrogen-bond acceptors (Lipinski definition) is 4. The van der Waals surface area contributed by atoms with Crippen molar-refractivity contribution in [3.63, 3.8) is 0 Å². The molecule has 4 N–H and O–H groups in total. The molecule has 2 rings (SSSR count). The molecule has 0 aliphatic rings. The van der Waals surface area contributed by atoms with E-state index in [2.05, 4.69) is 14.7 Å². The van der Waals surface area contributed by atoms with Crippen LogP contribution in [0.1, 0.15) is 24.7 Å². The summed E-state index contributed by atoms with van der Waals surface area (Å²) in [4.78, 5) is 7.28. The number of H-pyrrole nitrogens is 1. The highest BCUT2D eigenvalue weighted by Gasteiger charge is 2.14. The molecule has 114 valence electrons. The van der Waals surface area contributed by atoms with Crippen LogP contribution in [0, 0.1) is 0 Å². The highest BCUT2D eigenvalue weighted by molar-refractivity contribution is 7.89. The lowest BCUT2D eigenvalue weighted by molar-refractivity contribution is 0.578. The summed E-state index contributed by atoms with van der Waals surface area (Å²) >= 11 is 0. The van der Waals surface area contributed by atoms with Crippen LogP contribution >= 0.6 is 0 Å². The molecule has 1 aromatic heterocycles. The third-order valence-electron chi connectivity index (χ3n) is 3.25. The second kappa shape index (κ2) is 6.73. The second-order valence-electron chi connectivity index (χ2n) is 4.75. The lowest BCUT2D eigenvalue weighted by Gasteiger charge is -2.09. The van der Waals surface area contributed by atoms with E-state index in [4.69, 9.17) is 5.73 Å². The highest BCUT2D eigenvalue weighted by atomic mass is 32.2. The number of sulfonamides is 1. The Morgan fingerprint density at radius 1 is 1.38 bits per heavy atom. The molecule has 0 atom stereocenters. The van der Waals surface area contributed by atoms with Gasteiger partial charge in [0.25, 0.3) is 0 Å². The van der Waals surface area contributed by atoms with Crippen LogP contribution in [0.4, 0.5) is 5.69 Å². The molecule has 0 aliphatic heterocycles.